The van der Waals surface area contributed by atoms with Gasteiger partial charge in [0.1, 0.15) is 0 Å². The fourth-order valence-corrected chi connectivity index (χ4v) is 1.81. The van der Waals surface area contributed by atoms with Gasteiger partial charge in [0.05, 0.1) is 0 Å². The summed E-state index contributed by atoms with van der Waals surface area (Å²) >= 11 is 3.48. The predicted molar refractivity (Wildman–Crippen MR) is 60.5 cm³/mol. The molecular weight excluding hydrogens is 226 g/mol. The van der Waals surface area contributed by atoms with E-state index in [9.17, 15) is 0 Å². The normalized spacial score (nSPS) is 12.5. The monoisotopic (exact) mass is 239 g/mol. The third kappa shape index (κ3) is 2.98. The highest BCUT2D eigenvalue weighted by Crippen LogP contribution is 2.24. The molecule has 1 atom stereocenters. The molecule has 1 nitrogen and oxygen atoms in total. The van der Waals surface area contributed by atoms with E-state index in [0.717, 1.165) is 17.3 Å². The lowest BCUT2D eigenvalue weighted by Gasteiger charge is -2.12. The lowest BCUT2D eigenvalue weighted by atomic mass is 10.0. The van der Waals surface area contributed by atoms with Gasteiger partial charge in [-0.15, -0.1) is 6.58 Å². The van der Waals surface area contributed by atoms with E-state index in [1.165, 1.54) is 5.56 Å². The van der Waals surface area contributed by atoms with Gasteiger partial charge in [-0.1, -0.05) is 40.2 Å². The Morgan fingerprint density at radius 2 is 2.15 bits per heavy atom. The third-order valence-corrected chi connectivity index (χ3v) is 2.71. The molecule has 0 amide bonds. The van der Waals surface area contributed by atoms with Crippen LogP contribution in [0.15, 0.2) is 41.4 Å². The Bertz CT molecular complexity index is 283. The molecule has 0 spiro atoms. The number of hydrogen-bond acceptors (Lipinski definition) is 1. The molecule has 2 N–H and O–H groups in total. The summed E-state index contributed by atoms with van der Waals surface area (Å²) in [5, 5.41) is 0. The van der Waals surface area contributed by atoms with Crippen molar-refractivity contribution in [3.8, 4) is 0 Å². The van der Waals surface area contributed by atoms with Crippen molar-refractivity contribution in [1.29, 1.82) is 0 Å². The van der Waals surface area contributed by atoms with Gasteiger partial charge in [0.2, 0.25) is 0 Å². The summed E-state index contributed by atoms with van der Waals surface area (Å²) in [6, 6.07) is 8.18. The zero-order valence-corrected chi connectivity index (χ0v) is 9.13. The number of halogens is 1. The standard InChI is InChI=1S/C11H14BrN/c1-2-3-8-11(13)9-6-4-5-7-10(9)12/h2,4-7,11H,1,3,8,13H2/t11-/m0/s1. The molecule has 0 saturated carbocycles. The van der Waals surface area contributed by atoms with Crippen molar-refractivity contribution in [2.24, 2.45) is 5.73 Å². The maximum Gasteiger partial charge on any atom is 0.0309 e. The predicted octanol–water partition coefficient (Wildman–Crippen LogP) is 3.42. The SMILES string of the molecule is C=CCC[C@H](N)c1ccccc1Br. The van der Waals surface area contributed by atoms with E-state index in [-0.39, 0.29) is 6.04 Å². The molecule has 1 aromatic rings. The highest BCUT2D eigenvalue weighted by Gasteiger charge is 2.07. The Balaban J connectivity index is 2.70. The largest absolute Gasteiger partial charge is 0.324 e. The van der Waals surface area contributed by atoms with Crippen LogP contribution in [0.2, 0.25) is 0 Å². The van der Waals surface area contributed by atoms with Crippen LogP contribution >= 0.6 is 15.9 Å². The minimum absolute atomic E-state index is 0.105. The summed E-state index contributed by atoms with van der Waals surface area (Å²) in [5.74, 6) is 0. The van der Waals surface area contributed by atoms with Crippen molar-refractivity contribution in [2.75, 3.05) is 0 Å². The number of hydrogen-bond donors (Lipinski definition) is 1. The van der Waals surface area contributed by atoms with Crippen LogP contribution < -0.4 is 5.73 Å². The molecule has 0 aliphatic rings. The molecule has 0 aliphatic carbocycles. The molecule has 70 valence electrons. The lowest BCUT2D eigenvalue weighted by Crippen LogP contribution is -2.10. The summed E-state index contributed by atoms with van der Waals surface area (Å²) in [6.45, 7) is 3.68. The Hall–Kier alpha value is -0.600. The molecule has 1 rings (SSSR count). The third-order valence-electron chi connectivity index (χ3n) is 1.99. The van der Waals surface area contributed by atoms with Gasteiger partial charge in [0, 0.05) is 10.5 Å². The molecule has 0 aliphatic heterocycles. The summed E-state index contributed by atoms with van der Waals surface area (Å²) < 4.78 is 1.09. The van der Waals surface area contributed by atoms with E-state index >= 15 is 0 Å². The van der Waals surface area contributed by atoms with Gasteiger partial charge in [-0.2, -0.15) is 0 Å². The topological polar surface area (TPSA) is 26.0 Å². The van der Waals surface area contributed by atoms with Crippen molar-refractivity contribution >= 4 is 15.9 Å². The molecule has 0 bridgehead atoms. The first-order valence-corrected chi connectivity index (χ1v) is 5.16. The van der Waals surface area contributed by atoms with Gasteiger partial charge in [0.25, 0.3) is 0 Å². The van der Waals surface area contributed by atoms with Crippen LogP contribution in [0.4, 0.5) is 0 Å². The molecule has 13 heavy (non-hydrogen) atoms. The van der Waals surface area contributed by atoms with Gasteiger partial charge >= 0.3 is 0 Å². The van der Waals surface area contributed by atoms with Crippen molar-refractivity contribution in [3.05, 3.63) is 47.0 Å². The van der Waals surface area contributed by atoms with E-state index in [2.05, 4.69) is 28.6 Å². The molecule has 0 heterocycles. The molecule has 0 saturated heterocycles. The van der Waals surface area contributed by atoms with Crippen LogP contribution in [0.5, 0.6) is 0 Å². The molecule has 1 aromatic carbocycles. The highest BCUT2D eigenvalue weighted by atomic mass is 79.9. The Kier molecular flexibility index (Phi) is 4.19. The first-order chi connectivity index (χ1) is 6.25. The Labute approximate surface area is 87.8 Å². The molecule has 0 aromatic heterocycles. The van der Waals surface area contributed by atoms with Gasteiger partial charge in [-0.3, -0.25) is 0 Å². The molecule has 2 heteroatoms. The maximum atomic E-state index is 6.00. The van der Waals surface area contributed by atoms with Crippen LogP contribution in [0, 0.1) is 0 Å². The second kappa shape index (κ2) is 5.20. The molecule has 0 unspecified atom stereocenters. The van der Waals surface area contributed by atoms with Crippen molar-refractivity contribution in [1.82, 2.24) is 0 Å². The smallest absolute Gasteiger partial charge is 0.0309 e. The van der Waals surface area contributed by atoms with E-state index in [1.54, 1.807) is 0 Å². The van der Waals surface area contributed by atoms with Crippen molar-refractivity contribution in [2.45, 2.75) is 18.9 Å². The summed E-state index contributed by atoms with van der Waals surface area (Å²) in [5.41, 5.74) is 7.17. The van der Waals surface area contributed by atoms with Crippen LogP contribution in [0.1, 0.15) is 24.4 Å². The fourth-order valence-electron chi connectivity index (χ4n) is 1.23. The maximum absolute atomic E-state index is 6.00. The van der Waals surface area contributed by atoms with Crippen molar-refractivity contribution in [3.63, 3.8) is 0 Å². The van der Waals surface area contributed by atoms with Crippen LogP contribution in [0.3, 0.4) is 0 Å². The first kappa shape index (κ1) is 10.5. The van der Waals surface area contributed by atoms with E-state index in [0.29, 0.717) is 0 Å². The quantitative estimate of drug-likeness (QED) is 0.802. The Morgan fingerprint density at radius 3 is 2.77 bits per heavy atom. The summed E-state index contributed by atoms with van der Waals surface area (Å²) in [4.78, 5) is 0. The summed E-state index contributed by atoms with van der Waals surface area (Å²) in [7, 11) is 0. The lowest BCUT2D eigenvalue weighted by molar-refractivity contribution is 0.659. The number of rotatable bonds is 4. The average molecular weight is 240 g/mol. The minimum Gasteiger partial charge on any atom is -0.324 e. The second-order valence-corrected chi connectivity index (χ2v) is 3.85. The highest BCUT2D eigenvalue weighted by molar-refractivity contribution is 9.10. The minimum atomic E-state index is 0.105. The van der Waals surface area contributed by atoms with E-state index in [1.807, 2.05) is 24.3 Å². The van der Waals surface area contributed by atoms with Gasteiger partial charge in [-0.25, -0.2) is 0 Å². The second-order valence-electron chi connectivity index (χ2n) is 2.99. The van der Waals surface area contributed by atoms with Gasteiger partial charge in [0.15, 0.2) is 0 Å². The molecule has 0 fully saturated rings. The zero-order valence-electron chi connectivity index (χ0n) is 7.54. The fraction of sp³-hybridized carbons (Fsp3) is 0.273. The summed E-state index contributed by atoms with van der Waals surface area (Å²) in [6.07, 6.45) is 3.81. The van der Waals surface area contributed by atoms with Crippen LogP contribution in [-0.4, -0.2) is 0 Å². The van der Waals surface area contributed by atoms with Crippen molar-refractivity contribution < 1.29 is 0 Å². The van der Waals surface area contributed by atoms with Gasteiger partial charge in [-0.05, 0) is 24.5 Å². The van der Waals surface area contributed by atoms with Crippen LogP contribution in [0.25, 0.3) is 0 Å². The zero-order chi connectivity index (χ0) is 9.68. The molecule has 0 radical (unpaired) electrons. The number of nitrogens with two attached hydrogens (primary N) is 1. The number of benzene rings is 1. The first-order valence-electron chi connectivity index (χ1n) is 4.36. The van der Waals surface area contributed by atoms with E-state index < -0.39 is 0 Å². The average Bonchev–Trinajstić information content (AvgIpc) is 2.15. The Morgan fingerprint density at radius 1 is 1.46 bits per heavy atom. The molecular formula is C11H14BrN. The van der Waals surface area contributed by atoms with Gasteiger partial charge < -0.3 is 5.73 Å². The van der Waals surface area contributed by atoms with Crippen LogP contribution in [-0.2, 0) is 0 Å². The number of allylic oxidation sites excluding steroid dienone is 1. The van der Waals surface area contributed by atoms with E-state index in [4.69, 9.17) is 5.73 Å².